The maximum absolute atomic E-state index is 2.71. The van der Waals surface area contributed by atoms with E-state index in [9.17, 15) is 0 Å². The summed E-state index contributed by atoms with van der Waals surface area (Å²) in [6, 6.07) is 33.2. The molecule has 248 valence electrons. The molecule has 3 heteroatoms. The van der Waals surface area contributed by atoms with Crippen LogP contribution in [0.4, 0.5) is 17.1 Å². The second kappa shape index (κ2) is 11.1. The number of hydrogen-bond donors (Lipinski definition) is 0. The Bertz CT molecular complexity index is 2070. The van der Waals surface area contributed by atoms with E-state index in [1.54, 1.807) is 5.47 Å². The van der Waals surface area contributed by atoms with Crippen molar-refractivity contribution in [1.29, 1.82) is 0 Å². The first-order chi connectivity index (χ1) is 23.2. The lowest BCUT2D eigenvalue weighted by Gasteiger charge is -2.56. The fraction of sp³-hybridized carbons (Fsp3) is 0.348. The molecule has 0 bridgehead atoms. The van der Waals surface area contributed by atoms with Crippen LogP contribution in [0.3, 0.4) is 0 Å². The van der Waals surface area contributed by atoms with Crippen molar-refractivity contribution in [1.82, 2.24) is 0 Å². The van der Waals surface area contributed by atoms with Crippen molar-refractivity contribution in [3.63, 3.8) is 0 Å². The Hall–Kier alpha value is -4.24. The summed E-state index contributed by atoms with van der Waals surface area (Å²) in [7, 11) is 0. The van der Waals surface area contributed by atoms with Crippen LogP contribution < -0.4 is 15.3 Å². The van der Waals surface area contributed by atoms with E-state index < -0.39 is 0 Å². The van der Waals surface area contributed by atoms with Gasteiger partial charge in [-0.25, -0.2) is 0 Å². The minimum atomic E-state index is 0.0474. The third-order valence-electron chi connectivity index (χ3n) is 11.5. The highest BCUT2D eigenvalue weighted by Crippen LogP contribution is 2.53. The third-order valence-corrected chi connectivity index (χ3v) is 11.5. The molecule has 1 saturated heterocycles. The van der Waals surface area contributed by atoms with Crippen molar-refractivity contribution < 1.29 is 0 Å². The molecule has 2 aliphatic carbocycles. The summed E-state index contributed by atoms with van der Waals surface area (Å²) in [6.45, 7) is 21.3. The predicted octanol–water partition coefficient (Wildman–Crippen LogP) is 11.2. The Balaban J connectivity index is 1.37. The van der Waals surface area contributed by atoms with Gasteiger partial charge in [-0.05, 0) is 86.5 Å². The summed E-state index contributed by atoms with van der Waals surface area (Å²) < 4.78 is 0. The van der Waals surface area contributed by atoms with E-state index in [0.29, 0.717) is 6.71 Å². The molecule has 2 nitrogen and oxygen atoms in total. The summed E-state index contributed by atoms with van der Waals surface area (Å²) in [6.07, 6.45) is 13.4. The highest BCUT2D eigenvalue weighted by molar-refractivity contribution is 6.84. The van der Waals surface area contributed by atoms with E-state index in [1.807, 2.05) is 0 Å². The first kappa shape index (κ1) is 32.0. The maximum Gasteiger partial charge on any atom is 0.221 e. The van der Waals surface area contributed by atoms with Gasteiger partial charge < -0.3 is 9.80 Å². The fourth-order valence-corrected chi connectivity index (χ4v) is 8.80. The molecule has 49 heavy (non-hydrogen) atoms. The Kier molecular flexibility index (Phi) is 7.27. The average Bonchev–Trinajstić information content (AvgIpc) is 3.06. The molecule has 0 N–H and O–H groups in total. The molecule has 3 unspecified atom stereocenters. The lowest BCUT2D eigenvalue weighted by atomic mass is 9.26. The first-order valence-electron chi connectivity index (χ1n) is 18.3. The van der Waals surface area contributed by atoms with Gasteiger partial charge in [0, 0.05) is 28.6 Å². The van der Waals surface area contributed by atoms with Crippen LogP contribution in [0.1, 0.15) is 79.9 Å². The molecule has 0 aromatic heterocycles. The van der Waals surface area contributed by atoms with Crippen molar-refractivity contribution >= 4 is 40.0 Å². The number of anilines is 3. The van der Waals surface area contributed by atoms with Gasteiger partial charge in [-0.1, -0.05) is 152 Å². The zero-order chi connectivity index (χ0) is 34.5. The summed E-state index contributed by atoms with van der Waals surface area (Å²) in [5.74, 6) is 0.272. The van der Waals surface area contributed by atoms with Crippen LogP contribution in [0.25, 0.3) is 10.8 Å². The molecule has 4 aromatic rings. The van der Waals surface area contributed by atoms with Crippen LogP contribution in [0.15, 0.2) is 132 Å². The highest BCUT2D eigenvalue weighted by atomic mass is 15.2. The smallest absolute Gasteiger partial charge is 0.221 e. The largest absolute Gasteiger partial charge is 0.339 e. The normalized spacial score (nSPS) is 21.9. The summed E-state index contributed by atoms with van der Waals surface area (Å²) in [5, 5.41) is 2.56. The molecular weight excluding hydrogens is 591 g/mol. The molecule has 2 heterocycles. The van der Waals surface area contributed by atoms with Crippen LogP contribution in [0, 0.1) is 5.41 Å². The van der Waals surface area contributed by atoms with E-state index in [1.165, 1.54) is 55.7 Å². The fourth-order valence-electron chi connectivity index (χ4n) is 8.80. The minimum Gasteiger partial charge on any atom is -0.339 e. The van der Waals surface area contributed by atoms with Crippen LogP contribution in [-0.4, -0.2) is 18.8 Å². The second-order valence-electron chi connectivity index (χ2n) is 17.9. The molecule has 1 fully saturated rings. The Morgan fingerprint density at radius 1 is 0.653 bits per heavy atom. The third kappa shape index (κ3) is 5.32. The summed E-state index contributed by atoms with van der Waals surface area (Å²) in [5.41, 5.74) is 12.8. The topological polar surface area (TPSA) is 6.48 Å². The van der Waals surface area contributed by atoms with Gasteiger partial charge in [0.2, 0.25) is 6.71 Å². The minimum absolute atomic E-state index is 0.0474. The van der Waals surface area contributed by atoms with Crippen molar-refractivity contribution in [2.24, 2.45) is 5.41 Å². The highest BCUT2D eigenvalue weighted by Gasteiger charge is 2.54. The molecule has 0 saturated carbocycles. The average molecular weight is 643 g/mol. The van der Waals surface area contributed by atoms with Gasteiger partial charge in [0.05, 0.1) is 12.1 Å². The Morgan fingerprint density at radius 2 is 1.33 bits per heavy atom. The molecule has 0 spiro atoms. The molecule has 4 aliphatic rings. The van der Waals surface area contributed by atoms with Crippen LogP contribution in [0.2, 0.25) is 5.82 Å². The van der Waals surface area contributed by atoms with Crippen molar-refractivity contribution in [3.05, 3.63) is 143 Å². The van der Waals surface area contributed by atoms with Gasteiger partial charge in [0.25, 0.3) is 0 Å². The summed E-state index contributed by atoms with van der Waals surface area (Å²) >= 11 is 0. The quantitative estimate of drug-likeness (QED) is 0.201. The van der Waals surface area contributed by atoms with Gasteiger partial charge in [0.1, 0.15) is 0 Å². The van der Waals surface area contributed by atoms with E-state index >= 15 is 0 Å². The molecule has 0 radical (unpaired) electrons. The number of nitrogens with zero attached hydrogens (tertiary/aromatic N) is 2. The lowest BCUT2D eigenvalue weighted by molar-refractivity contribution is 0.506. The van der Waals surface area contributed by atoms with E-state index in [2.05, 4.69) is 187 Å². The number of allylic oxidation sites excluding steroid dienone is 4. The van der Waals surface area contributed by atoms with E-state index in [-0.39, 0.29) is 34.1 Å². The predicted molar refractivity (Wildman–Crippen MR) is 213 cm³/mol. The van der Waals surface area contributed by atoms with Crippen LogP contribution in [-0.2, 0) is 10.8 Å². The van der Waals surface area contributed by atoms with Gasteiger partial charge in [-0.3, -0.25) is 0 Å². The van der Waals surface area contributed by atoms with E-state index in [0.717, 1.165) is 6.42 Å². The van der Waals surface area contributed by atoms with Gasteiger partial charge in [0.15, 0.2) is 0 Å². The first-order valence-corrected chi connectivity index (χ1v) is 18.3. The van der Waals surface area contributed by atoms with Crippen LogP contribution in [0.5, 0.6) is 0 Å². The van der Waals surface area contributed by atoms with E-state index in [4.69, 9.17) is 0 Å². The van der Waals surface area contributed by atoms with Crippen molar-refractivity contribution in [3.8, 4) is 0 Å². The number of hydrogen-bond acceptors (Lipinski definition) is 2. The molecule has 8 rings (SSSR count). The molecule has 0 amide bonds. The van der Waals surface area contributed by atoms with Crippen molar-refractivity contribution in [2.45, 2.75) is 97.5 Å². The molecule has 4 aromatic carbocycles. The number of benzene rings is 4. The standard InChI is InChI=1S/C46H51BN2/c1-44(2,3)32-18-23-35(24-19-32)48-39-26-21-33(45(4,5)6)28-38(39)47-37-25-20-34(46(7,8)9)29-42(37)49(41-16-12-15-40(48)43(41)47)36-22-17-30-13-10-11-14-31(30)27-36/h10-25,27-29,39,41,43H,26H2,1-9H3. The second-order valence-corrected chi connectivity index (χ2v) is 17.9. The molecule has 2 aliphatic heterocycles. The zero-order valence-electron chi connectivity index (χ0n) is 30.9. The van der Waals surface area contributed by atoms with Crippen LogP contribution >= 0.6 is 0 Å². The SMILES string of the molecule is CC(C)(C)C1=CCC2C(=C1)B1c3ccc(C(C)(C)C)cc3N(c3ccc4ccccc4c3)C3C=CC=C(C13)N2c1ccc(C(C)(C)C)cc1. The van der Waals surface area contributed by atoms with Gasteiger partial charge >= 0.3 is 0 Å². The van der Waals surface area contributed by atoms with Gasteiger partial charge in [-0.2, -0.15) is 0 Å². The molecular formula is C46H51BN2. The maximum atomic E-state index is 2.71. The zero-order valence-corrected chi connectivity index (χ0v) is 30.9. The number of fused-ring (bicyclic) bond motifs is 5. The Morgan fingerprint density at radius 3 is 2.02 bits per heavy atom. The molecule has 3 atom stereocenters. The monoisotopic (exact) mass is 642 g/mol. The number of rotatable bonds is 2. The van der Waals surface area contributed by atoms with Gasteiger partial charge in [-0.15, -0.1) is 0 Å². The Labute approximate surface area is 295 Å². The lowest BCUT2D eigenvalue weighted by Crippen LogP contribution is -2.63. The van der Waals surface area contributed by atoms with Crippen molar-refractivity contribution in [2.75, 3.05) is 9.80 Å². The summed E-state index contributed by atoms with van der Waals surface area (Å²) in [4.78, 5) is 5.38.